The third-order valence-corrected chi connectivity index (χ3v) is 7.06. The van der Waals surface area contributed by atoms with Gasteiger partial charge in [0.05, 0.1) is 0 Å². The number of hydrogen-bond donors (Lipinski definition) is 1. The van der Waals surface area contributed by atoms with Crippen LogP contribution < -0.4 is 0 Å². The molecule has 0 N–H and O–H groups in total. The van der Waals surface area contributed by atoms with Crippen LogP contribution in [0.3, 0.4) is 0 Å². The van der Waals surface area contributed by atoms with E-state index in [0.717, 1.165) is 24.2 Å². The molecular formula is C21H40OS. The Morgan fingerprint density at radius 1 is 1.17 bits per heavy atom. The zero-order valence-electron chi connectivity index (χ0n) is 16.4. The summed E-state index contributed by atoms with van der Waals surface area (Å²) >= 11 is 4.82. The molecule has 2 heteroatoms. The Morgan fingerprint density at radius 2 is 1.78 bits per heavy atom. The molecule has 1 aliphatic rings. The first-order chi connectivity index (χ1) is 10.6. The molecule has 1 saturated carbocycles. The first kappa shape index (κ1) is 21.1. The first-order valence-corrected chi connectivity index (χ1v) is 10.3. The summed E-state index contributed by atoms with van der Waals surface area (Å²) in [5.41, 5.74) is 0.481. The summed E-state index contributed by atoms with van der Waals surface area (Å²) in [5.74, 6) is 3.26. The smallest absolute Gasteiger partial charge is 0.130 e. The minimum atomic E-state index is 0.334. The van der Waals surface area contributed by atoms with Crippen LogP contribution in [0.1, 0.15) is 92.9 Å². The van der Waals surface area contributed by atoms with Gasteiger partial charge < -0.3 is 4.79 Å². The maximum Gasteiger partial charge on any atom is 0.130 e. The van der Waals surface area contributed by atoms with Gasteiger partial charge in [0.1, 0.15) is 5.78 Å². The van der Waals surface area contributed by atoms with Crippen molar-refractivity contribution in [2.24, 2.45) is 29.1 Å². The van der Waals surface area contributed by atoms with Crippen LogP contribution in [0.4, 0.5) is 0 Å². The standard InChI is InChI=1S/C21H40OS/c1-15(8-7-9-16(2)14-17(3)22)10-11-19-18(4)20(23)12-13-21(19,5)6/h15-16,18-20,23H,7-14H2,1-6H3. The van der Waals surface area contributed by atoms with Crippen molar-refractivity contribution < 1.29 is 4.79 Å². The zero-order valence-corrected chi connectivity index (χ0v) is 17.3. The second-order valence-electron chi connectivity index (χ2n) is 9.18. The SMILES string of the molecule is CC(=O)CC(C)CCCC(C)CCC1C(C)C(S)CCC1(C)C. The maximum atomic E-state index is 11.1. The van der Waals surface area contributed by atoms with E-state index in [1.54, 1.807) is 6.92 Å². The van der Waals surface area contributed by atoms with Crippen molar-refractivity contribution in [3.05, 3.63) is 0 Å². The predicted molar refractivity (Wildman–Crippen MR) is 105 cm³/mol. The van der Waals surface area contributed by atoms with E-state index in [2.05, 4.69) is 34.6 Å². The predicted octanol–water partition coefficient (Wildman–Crippen LogP) is 6.56. The average molecular weight is 341 g/mol. The van der Waals surface area contributed by atoms with Crippen molar-refractivity contribution in [2.45, 2.75) is 98.2 Å². The molecule has 0 saturated heterocycles. The van der Waals surface area contributed by atoms with E-state index in [9.17, 15) is 4.79 Å². The minimum Gasteiger partial charge on any atom is -0.300 e. The van der Waals surface area contributed by atoms with Crippen LogP contribution in [-0.2, 0) is 4.79 Å². The highest BCUT2D eigenvalue weighted by atomic mass is 32.1. The van der Waals surface area contributed by atoms with Crippen LogP contribution in [0.25, 0.3) is 0 Å². The number of Topliss-reactive ketones (excluding diaryl/α,β-unsaturated/α-hetero) is 1. The molecule has 0 aromatic rings. The van der Waals surface area contributed by atoms with Crippen molar-refractivity contribution in [1.82, 2.24) is 0 Å². The number of carbonyl (C=O) groups is 1. The summed E-state index contributed by atoms with van der Waals surface area (Å²) in [7, 11) is 0. The summed E-state index contributed by atoms with van der Waals surface area (Å²) in [5, 5.41) is 0.593. The Kier molecular flexibility index (Phi) is 8.69. The summed E-state index contributed by atoms with van der Waals surface area (Å²) < 4.78 is 0. The Balaban J connectivity index is 2.31. The number of hydrogen-bond acceptors (Lipinski definition) is 2. The molecule has 0 bridgehead atoms. The van der Waals surface area contributed by atoms with Crippen molar-refractivity contribution in [2.75, 3.05) is 0 Å². The molecule has 0 heterocycles. The topological polar surface area (TPSA) is 17.1 Å². The average Bonchev–Trinajstić information content (AvgIpc) is 2.42. The number of carbonyl (C=O) groups excluding carboxylic acids is 1. The van der Waals surface area contributed by atoms with Crippen LogP contribution in [0.2, 0.25) is 0 Å². The fraction of sp³-hybridized carbons (Fsp3) is 0.952. The van der Waals surface area contributed by atoms with Gasteiger partial charge in [-0.05, 0) is 55.3 Å². The Hall–Kier alpha value is 0.0200. The lowest BCUT2D eigenvalue weighted by atomic mass is 9.62. The van der Waals surface area contributed by atoms with E-state index in [0.29, 0.717) is 22.4 Å². The Morgan fingerprint density at radius 3 is 2.39 bits per heavy atom. The van der Waals surface area contributed by atoms with E-state index in [1.807, 2.05) is 0 Å². The lowest BCUT2D eigenvalue weighted by Gasteiger charge is -2.46. The minimum absolute atomic E-state index is 0.334. The van der Waals surface area contributed by atoms with Gasteiger partial charge in [0.2, 0.25) is 0 Å². The van der Waals surface area contributed by atoms with E-state index < -0.39 is 0 Å². The summed E-state index contributed by atoms with van der Waals surface area (Å²) in [6, 6.07) is 0. The molecule has 0 aliphatic heterocycles. The van der Waals surface area contributed by atoms with Gasteiger partial charge in [0.15, 0.2) is 0 Å². The van der Waals surface area contributed by atoms with Gasteiger partial charge in [-0.2, -0.15) is 12.6 Å². The molecule has 1 rings (SSSR count). The second kappa shape index (κ2) is 9.49. The summed E-state index contributed by atoms with van der Waals surface area (Å²) in [6.07, 6.45) is 9.85. The highest BCUT2D eigenvalue weighted by molar-refractivity contribution is 7.81. The maximum absolute atomic E-state index is 11.1. The molecule has 0 aromatic carbocycles. The van der Waals surface area contributed by atoms with Gasteiger partial charge in [0, 0.05) is 11.7 Å². The number of thiol groups is 1. The van der Waals surface area contributed by atoms with Gasteiger partial charge in [-0.3, -0.25) is 0 Å². The molecule has 5 atom stereocenters. The van der Waals surface area contributed by atoms with Gasteiger partial charge in [-0.1, -0.05) is 60.3 Å². The summed E-state index contributed by atoms with van der Waals surface area (Å²) in [4.78, 5) is 11.1. The lowest BCUT2D eigenvalue weighted by molar-refractivity contribution is -0.117. The summed E-state index contributed by atoms with van der Waals surface area (Å²) in [6.45, 7) is 13.7. The van der Waals surface area contributed by atoms with Crippen molar-refractivity contribution >= 4 is 18.4 Å². The highest BCUT2D eigenvalue weighted by Gasteiger charge is 2.40. The molecular weight excluding hydrogens is 300 g/mol. The van der Waals surface area contributed by atoms with Crippen LogP contribution in [0.5, 0.6) is 0 Å². The molecule has 0 spiro atoms. The van der Waals surface area contributed by atoms with Crippen LogP contribution in [0.15, 0.2) is 0 Å². The molecule has 1 aliphatic carbocycles. The van der Waals surface area contributed by atoms with Crippen LogP contribution in [-0.4, -0.2) is 11.0 Å². The van der Waals surface area contributed by atoms with E-state index >= 15 is 0 Å². The van der Waals surface area contributed by atoms with E-state index in [1.165, 1.54) is 44.9 Å². The molecule has 136 valence electrons. The highest BCUT2D eigenvalue weighted by Crippen LogP contribution is 2.48. The molecule has 5 unspecified atom stereocenters. The fourth-order valence-electron chi connectivity index (χ4n) is 4.62. The van der Waals surface area contributed by atoms with E-state index in [-0.39, 0.29) is 0 Å². The van der Waals surface area contributed by atoms with Gasteiger partial charge in [-0.15, -0.1) is 0 Å². The normalized spacial score (nSPS) is 30.0. The largest absolute Gasteiger partial charge is 0.300 e. The van der Waals surface area contributed by atoms with Crippen LogP contribution >= 0.6 is 12.6 Å². The molecule has 0 radical (unpaired) electrons. The molecule has 0 amide bonds. The number of ketones is 1. The van der Waals surface area contributed by atoms with E-state index in [4.69, 9.17) is 12.6 Å². The molecule has 1 fully saturated rings. The zero-order chi connectivity index (χ0) is 17.6. The number of rotatable bonds is 9. The molecule has 1 nitrogen and oxygen atoms in total. The van der Waals surface area contributed by atoms with Crippen molar-refractivity contribution in [3.8, 4) is 0 Å². The van der Waals surface area contributed by atoms with Gasteiger partial charge >= 0.3 is 0 Å². The van der Waals surface area contributed by atoms with Crippen LogP contribution in [0, 0.1) is 29.1 Å². The fourth-order valence-corrected chi connectivity index (χ4v) is 4.95. The quantitative estimate of drug-likeness (QED) is 0.470. The first-order valence-electron chi connectivity index (χ1n) is 9.81. The van der Waals surface area contributed by atoms with Crippen molar-refractivity contribution in [3.63, 3.8) is 0 Å². The Labute approximate surface area is 150 Å². The Bertz CT molecular complexity index is 363. The third kappa shape index (κ3) is 7.20. The van der Waals surface area contributed by atoms with Gasteiger partial charge in [-0.25, -0.2) is 0 Å². The second-order valence-corrected chi connectivity index (χ2v) is 9.85. The lowest BCUT2D eigenvalue weighted by Crippen LogP contribution is -2.39. The molecule has 23 heavy (non-hydrogen) atoms. The van der Waals surface area contributed by atoms with Crippen molar-refractivity contribution in [1.29, 1.82) is 0 Å². The molecule has 0 aromatic heterocycles. The third-order valence-electron chi connectivity index (χ3n) is 6.33. The van der Waals surface area contributed by atoms with Gasteiger partial charge in [0.25, 0.3) is 0 Å². The monoisotopic (exact) mass is 340 g/mol.